The average Bonchev–Trinajstić information content (AvgIpc) is 2.58. The molecule has 7 heteroatoms. The Kier molecular flexibility index (Phi) is 6.23. The lowest BCUT2D eigenvalue weighted by Crippen LogP contribution is -2.33. The van der Waals surface area contributed by atoms with E-state index in [0.29, 0.717) is 18.5 Å². The molecule has 1 fully saturated rings. The van der Waals surface area contributed by atoms with Gasteiger partial charge in [0.05, 0.1) is 11.1 Å². The first-order chi connectivity index (χ1) is 11.4. The third-order valence-electron chi connectivity index (χ3n) is 4.07. The predicted molar refractivity (Wildman–Crippen MR) is 81.3 cm³/mol. The number of rotatable bonds is 5. The van der Waals surface area contributed by atoms with Gasteiger partial charge in [0.1, 0.15) is 0 Å². The number of nitrogens with one attached hydrogen (secondary N) is 1. The van der Waals surface area contributed by atoms with E-state index in [1.165, 1.54) is 12.5 Å². The van der Waals surface area contributed by atoms with E-state index in [1.54, 1.807) is 0 Å². The second kappa shape index (κ2) is 8.17. The van der Waals surface area contributed by atoms with Gasteiger partial charge in [0.15, 0.2) is 6.61 Å². The molecule has 24 heavy (non-hydrogen) atoms. The summed E-state index contributed by atoms with van der Waals surface area (Å²) in [5.74, 6) is -0.948. The lowest BCUT2D eigenvalue weighted by atomic mass is 9.89. The maximum absolute atomic E-state index is 12.6. The summed E-state index contributed by atoms with van der Waals surface area (Å²) in [6, 6.07) is 3.93. The first-order valence-electron chi connectivity index (χ1n) is 7.97. The molecule has 0 saturated heterocycles. The van der Waals surface area contributed by atoms with E-state index in [2.05, 4.69) is 5.32 Å². The van der Waals surface area contributed by atoms with E-state index in [-0.39, 0.29) is 5.56 Å². The summed E-state index contributed by atoms with van der Waals surface area (Å²) in [5, 5.41) is 2.70. The number of hydrogen-bond acceptors (Lipinski definition) is 3. The van der Waals surface area contributed by atoms with Crippen molar-refractivity contribution in [1.29, 1.82) is 0 Å². The molecule has 0 aromatic heterocycles. The highest BCUT2D eigenvalue weighted by Gasteiger charge is 2.31. The van der Waals surface area contributed by atoms with Crippen molar-refractivity contribution in [2.24, 2.45) is 5.92 Å². The van der Waals surface area contributed by atoms with Crippen LogP contribution < -0.4 is 5.32 Å². The summed E-state index contributed by atoms with van der Waals surface area (Å²) >= 11 is 0. The van der Waals surface area contributed by atoms with Crippen LogP contribution in [-0.4, -0.2) is 25.0 Å². The average molecular weight is 343 g/mol. The number of esters is 1. The second-order valence-corrected chi connectivity index (χ2v) is 5.96. The van der Waals surface area contributed by atoms with Crippen LogP contribution in [0.2, 0.25) is 0 Å². The van der Waals surface area contributed by atoms with E-state index in [4.69, 9.17) is 4.74 Å². The topological polar surface area (TPSA) is 55.4 Å². The van der Waals surface area contributed by atoms with Gasteiger partial charge < -0.3 is 10.1 Å². The van der Waals surface area contributed by atoms with Crippen molar-refractivity contribution in [2.75, 3.05) is 13.2 Å². The van der Waals surface area contributed by atoms with Crippen molar-refractivity contribution in [1.82, 2.24) is 5.32 Å². The van der Waals surface area contributed by atoms with Gasteiger partial charge in [-0.15, -0.1) is 0 Å². The zero-order valence-electron chi connectivity index (χ0n) is 13.2. The third-order valence-corrected chi connectivity index (χ3v) is 4.07. The van der Waals surface area contributed by atoms with Gasteiger partial charge in [-0.05, 0) is 37.0 Å². The molecule has 1 aliphatic rings. The minimum atomic E-state index is -4.53. The van der Waals surface area contributed by atoms with Gasteiger partial charge in [0.25, 0.3) is 5.91 Å². The number of benzene rings is 1. The molecule has 0 unspecified atom stereocenters. The lowest BCUT2D eigenvalue weighted by molar-refractivity contribution is -0.137. The van der Waals surface area contributed by atoms with E-state index >= 15 is 0 Å². The Bertz CT molecular complexity index is 581. The lowest BCUT2D eigenvalue weighted by Gasteiger charge is -2.21. The Labute approximate surface area is 138 Å². The van der Waals surface area contributed by atoms with Crippen molar-refractivity contribution in [2.45, 2.75) is 38.3 Å². The van der Waals surface area contributed by atoms with Gasteiger partial charge in [-0.3, -0.25) is 4.79 Å². The standard InChI is InChI=1S/C17H20F3NO3/c18-17(19,20)14-8-4-7-13(9-14)16(23)24-11-15(22)21-10-12-5-2-1-3-6-12/h4,7-9,12H,1-3,5-6,10-11H2,(H,21,22). The Morgan fingerprint density at radius 2 is 1.88 bits per heavy atom. The van der Waals surface area contributed by atoms with E-state index < -0.39 is 30.2 Å². The normalized spacial score (nSPS) is 15.8. The highest BCUT2D eigenvalue weighted by atomic mass is 19.4. The molecule has 1 saturated carbocycles. The van der Waals surface area contributed by atoms with Gasteiger partial charge in [-0.2, -0.15) is 13.2 Å². The second-order valence-electron chi connectivity index (χ2n) is 5.96. The Hall–Kier alpha value is -2.05. The fraction of sp³-hybridized carbons (Fsp3) is 0.529. The molecule has 0 atom stereocenters. The van der Waals surface area contributed by atoms with Crippen LogP contribution in [0.5, 0.6) is 0 Å². The number of amides is 1. The molecule has 0 radical (unpaired) electrons. The SMILES string of the molecule is O=C(COC(=O)c1cccc(C(F)(F)F)c1)NCC1CCCCC1. The van der Waals surface area contributed by atoms with Crippen molar-refractivity contribution in [3.8, 4) is 0 Å². The molecule has 4 nitrogen and oxygen atoms in total. The minimum Gasteiger partial charge on any atom is -0.452 e. The monoisotopic (exact) mass is 343 g/mol. The largest absolute Gasteiger partial charge is 0.452 e. The summed E-state index contributed by atoms with van der Waals surface area (Å²) in [6.07, 6.45) is 1.15. The maximum atomic E-state index is 12.6. The van der Waals surface area contributed by atoms with Crippen LogP contribution >= 0.6 is 0 Å². The molecule has 0 bridgehead atoms. The van der Waals surface area contributed by atoms with Crippen LogP contribution in [-0.2, 0) is 15.7 Å². The van der Waals surface area contributed by atoms with Gasteiger partial charge in [-0.1, -0.05) is 25.3 Å². The van der Waals surface area contributed by atoms with Crippen LogP contribution in [0.3, 0.4) is 0 Å². The summed E-state index contributed by atoms with van der Waals surface area (Å²) in [5.41, 5.74) is -1.16. The quantitative estimate of drug-likeness (QED) is 0.832. The van der Waals surface area contributed by atoms with Crippen molar-refractivity contribution in [3.05, 3.63) is 35.4 Å². The van der Waals surface area contributed by atoms with Crippen LogP contribution in [0, 0.1) is 5.92 Å². The molecule has 0 heterocycles. The van der Waals surface area contributed by atoms with Gasteiger partial charge >= 0.3 is 12.1 Å². The number of hydrogen-bond donors (Lipinski definition) is 1. The molecule has 1 aromatic rings. The van der Waals surface area contributed by atoms with Crippen molar-refractivity contribution < 1.29 is 27.5 Å². The Morgan fingerprint density at radius 1 is 1.17 bits per heavy atom. The van der Waals surface area contributed by atoms with Crippen LogP contribution in [0.25, 0.3) is 0 Å². The first-order valence-corrected chi connectivity index (χ1v) is 7.97. The van der Waals surface area contributed by atoms with Gasteiger partial charge in [-0.25, -0.2) is 4.79 Å². The number of carbonyl (C=O) groups is 2. The van der Waals surface area contributed by atoms with Crippen molar-refractivity contribution >= 4 is 11.9 Å². The molecule has 0 spiro atoms. The molecule has 2 rings (SSSR count). The highest BCUT2D eigenvalue weighted by molar-refractivity contribution is 5.91. The fourth-order valence-corrected chi connectivity index (χ4v) is 2.74. The molecular formula is C17H20F3NO3. The van der Waals surface area contributed by atoms with E-state index in [0.717, 1.165) is 37.8 Å². The summed E-state index contributed by atoms with van der Waals surface area (Å²) in [4.78, 5) is 23.4. The van der Waals surface area contributed by atoms with Gasteiger partial charge in [0.2, 0.25) is 0 Å². The fourth-order valence-electron chi connectivity index (χ4n) is 2.74. The molecule has 0 aliphatic heterocycles. The highest BCUT2D eigenvalue weighted by Crippen LogP contribution is 2.29. The Morgan fingerprint density at radius 3 is 2.54 bits per heavy atom. The molecule has 132 valence electrons. The number of carbonyl (C=O) groups excluding carboxylic acids is 2. The van der Waals surface area contributed by atoms with Crippen LogP contribution in [0.15, 0.2) is 24.3 Å². The molecular weight excluding hydrogens is 323 g/mol. The molecule has 1 N–H and O–H groups in total. The zero-order valence-corrected chi connectivity index (χ0v) is 13.2. The predicted octanol–water partition coefficient (Wildman–Crippen LogP) is 3.56. The van der Waals surface area contributed by atoms with E-state index in [1.807, 2.05) is 0 Å². The summed E-state index contributed by atoms with van der Waals surface area (Å²) in [7, 11) is 0. The summed E-state index contributed by atoms with van der Waals surface area (Å²) in [6.45, 7) is 0.0434. The molecule has 1 amide bonds. The van der Waals surface area contributed by atoms with Gasteiger partial charge in [0, 0.05) is 6.54 Å². The Balaban J connectivity index is 1.79. The zero-order chi connectivity index (χ0) is 17.6. The smallest absolute Gasteiger partial charge is 0.416 e. The third kappa shape index (κ3) is 5.54. The van der Waals surface area contributed by atoms with Crippen LogP contribution in [0.4, 0.5) is 13.2 Å². The number of alkyl halides is 3. The maximum Gasteiger partial charge on any atom is 0.416 e. The molecule has 1 aromatic carbocycles. The minimum absolute atomic E-state index is 0.232. The number of halogens is 3. The summed E-state index contributed by atoms with van der Waals surface area (Å²) < 4.78 is 42.6. The number of ether oxygens (including phenoxy) is 1. The molecule has 1 aliphatic carbocycles. The van der Waals surface area contributed by atoms with E-state index in [9.17, 15) is 22.8 Å². The first kappa shape index (κ1) is 18.3. The van der Waals surface area contributed by atoms with Crippen LogP contribution in [0.1, 0.15) is 48.0 Å². The van der Waals surface area contributed by atoms with Crippen molar-refractivity contribution in [3.63, 3.8) is 0 Å².